The predicted molar refractivity (Wildman–Crippen MR) is 146 cm³/mol. The van der Waals surface area contributed by atoms with Gasteiger partial charge in [-0.15, -0.1) is 22.0 Å². The SMILES string of the molecule is CCOP(=O)(O)CC(Sc1nn[nH]n1)C1=C(C(=O)O)N2C(=O)[C@@H](NC(=O)C(N)c3ccc(NC(N)=O)cc3)[C@@H]2SC1. The van der Waals surface area contributed by atoms with Crippen molar-refractivity contribution >= 4 is 60.6 Å². The third-order valence-corrected chi connectivity index (χ3v) is 10.2. The molecule has 4 amide bonds. The molecule has 5 atom stereocenters. The summed E-state index contributed by atoms with van der Waals surface area (Å²) >= 11 is 2.08. The van der Waals surface area contributed by atoms with E-state index in [0.29, 0.717) is 11.3 Å². The van der Waals surface area contributed by atoms with Crippen molar-refractivity contribution in [2.45, 2.75) is 34.8 Å². The molecule has 1 fully saturated rings. The normalized spacial score (nSPS) is 21.2. The fourth-order valence-corrected chi connectivity index (χ4v) is 8.53. The topological polar surface area (TPSA) is 269 Å². The number of urea groups is 1. The van der Waals surface area contributed by atoms with Gasteiger partial charge in [-0.3, -0.25) is 19.1 Å². The summed E-state index contributed by atoms with van der Waals surface area (Å²) in [7, 11) is -4.15. The molecule has 0 aliphatic carbocycles. The number of aromatic nitrogens is 4. The Bertz CT molecular complexity index is 1410. The van der Waals surface area contributed by atoms with Crippen molar-refractivity contribution < 1.29 is 38.3 Å². The van der Waals surface area contributed by atoms with Crippen LogP contribution < -0.4 is 22.1 Å². The molecule has 17 nitrogen and oxygen atoms in total. The van der Waals surface area contributed by atoms with Crippen LogP contribution in [0.5, 0.6) is 0 Å². The Morgan fingerprint density at radius 1 is 1.34 bits per heavy atom. The molecule has 220 valence electrons. The molecule has 3 unspecified atom stereocenters. The molecule has 2 aliphatic heterocycles. The molecular weight excluding hydrogens is 601 g/mol. The lowest BCUT2D eigenvalue weighted by Gasteiger charge is -2.50. The number of hydrogen-bond acceptors (Lipinski definition) is 12. The number of H-pyrrole nitrogens is 1. The second kappa shape index (κ2) is 12.6. The van der Waals surface area contributed by atoms with E-state index >= 15 is 0 Å². The van der Waals surface area contributed by atoms with Gasteiger partial charge in [-0.1, -0.05) is 23.9 Å². The number of carbonyl (C=O) groups excluding carboxylic acids is 3. The van der Waals surface area contributed by atoms with Gasteiger partial charge >= 0.3 is 19.6 Å². The number of nitrogens with one attached hydrogen (secondary N) is 3. The maximum atomic E-state index is 13.2. The molecule has 0 saturated carbocycles. The van der Waals surface area contributed by atoms with Crippen molar-refractivity contribution in [2.75, 3.05) is 23.8 Å². The Morgan fingerprint density at radius 2 is 2.05 bits per heavy atom. The number of anilines is 1. The van der Waals surface area contributed by atoms with Gasteiger partial charge in [0.2, 0.25) is 11.1 Å². The zero-order valence-electron chi connectivity index (χ0n) is 21.3. The van der Waals surface area contributed by atoms with Crippen LogP contribution in [0.1, 0.15) is 18.5 Å². The fraction of sp³-hybridized carbons (Fsp3) is 0.381. The fourth-order valence-electron chi connectivity index (χ4n) is 4.21. The highest BCUT2D eigenvalue weighted by Crippen LogP contribution is 2.50. The summed E-state index contributed by atoms with van der Waals surface area (Å²) in [5.41, 5.74) is 11.8. The van der Waals surface area contributed by atoms with Crippen LogP contribution in [0.25, 0.3) is 0 Å². The molecule has 20 heteroatoms. The molecule has 41 heavy (non-hydrogen) atoms. The smallest absolute Gasteiger partial charge is 0.352 e. The molecule has 0 spiro atoms. The number of nitrogens with zero attached hydrogens (tertiary/aromatic N) is 4. The number of rotatable bonds is 12. The number of β-lactam (4-membered cyclic amide) rings is 1. The van der Waals surface area contributed by atoms with E-state index < -0.39 is 60.3 Å². The number of fused-ring (bicyclic) bond motifs is 1. The highest BCUT2D eigenvalue weighted by molar-refractivity contribution is 8.01. The number of carbonyl (C=O) groups is 4. The van der Waals surface area contributed by atoms with Crippen LogP contribution in [-0.4, -0.2) is 94.5 Å². The average molecular weight is 628 g/mol. The Hall–Kier alpha value is -3.48. The summed E-state index contributed by atoms with van der Waals surface area (Å²) < 4.78 is 17.6. The first kappa shape index (κ1) is 30.5. The predicted octanol–water partition coefficient (Wildman–Crippen LogP) is -0.188. The first-order chi connectivity index (χ1) is 19.4. The van der Waals surface area contributed by atoms with E-state index in [1.165, 1.54) is 36.0 Å². The number of hydrogen-bond donors (Lipinski definition) is 7. The van der Waals surface area contributed by atoms with E-state index in [9.17, 15) is 33.7 Å². The van der Waals surface area contributed by atoms with Gasteiger partial charge in [-0.05, 0) is 35.4 Å². The molecule has 2 aromatic rings. The van der Waals surface area contributed by atoms with Crippen molar-refractivity contribution in [3.05, 3.63) is 41.1 Å². The zero-order valence-corrected chi connectivity index (χ0v) is 23.8. The highest BCUT2D eigenvalue weighted by Gasteiger charge is 2.55. The molecule has 0 radical (unpaired) electrons. The van der Waals surface area contributed by atoms with Crippen molar-refractivity contribution in [3.8, 4) is 0 Å². The zero-order chi connectivity index (χ0) is 29.9. The van der Waals surface area contributed by atoms with Gasteiger partial charge in [0, 0.05) is 16.7 Å². The van der Waals surface area contributed by atoms with E-state index in [1.807, 2.05) is 0 Å². The van der Waals surface area contributed by atoms with Gasteiger partial charge in [0.05, 0.1) is 12.8 Å². The van der Waals surface area contributed by atoms with Gasteiger partial charge in [0.25, 0.3) is 5.91 Å². The molecule has 0 bridgehead atoms. The minimum atomic E-state index is -4.15. The van der Waals surface area contributed by atoms with Crippen molar-refractivity contribution in [1.29, 1.82) is 0 Å². The van der Waals surface area contributed by atoms with E-state index in [0.717, 1.165) is 16.7 Å². The first-order valence-electron chi connectivity index (χ1n) is 11.9. The standard InChI is InChI=1S/C21H26N9O8PS2/c1-2-38-39(36,37)7-12(41-21-26-28-29-27-21)11-8-40-18-14(17(32)30(18)15(11)19(33)34)25-16(31)13(22)9-3-5-10(6-4-9)24-20(23)35/h3-6,12-14,18H,2,7-8,22H2,1H3,(H,25,31)(H,33,34)(H,36,37)(H3,23,24,35)(H,26,27,28,29)/t12?,13?,14-,18+/m1/s1. The number of aliphatic carboxylic acids is 1. The Morgan fingerprint density at radius 3 is 2.63 bits per heavy atom. The van der Waals surface area contributed by atoms with E-state index in [1.54, 1.807) is 6.92 Å². The summed E-state index contributed by atoms with van der Waals surface area (Å²) in [6.45, 7) is 1.50. The maximum absolute atomic E-state index is 13.2. The number of tetrazole rings is 1. The molecule has 4 rings (SSSR count). The summed E-state index contributed by atoms with van der Waals surface area (Å²) in [5.74, 6) is -2.72. The molecule has 2 aliphatic rings. The number of primary amides is 1. The lowest BCUT2D eigenvalue weighted by Crippen LogP contribution is -2.71. The van der Waals surface area contributed by atoms with Crippen LogP contribution in [0.2, 0.25) is 0 Å². The number of carboxylic acid groups (broad SMARTS) is 1. The number of benzene rings is 1. The highest BCUT2D eigenvalue weighted by atomic mass is 32.2. The van der Waals surface area contributed by atoms with Gasteiger partial charge in [-0.2, -0.15) is 5.21 Å². The van der Waals surface area contributed by atoms with Crippen LogP contribution in [-0.2, 0) is 23.5 Å². The van der Waals surface area contributed by atoms with Crippen molar-refractivity contribution in [1.82, 2.24) is 30.8 Å². The minimum Gasteiger partial charge on any atom is -0.477 e. The van der Waals surface area contributed by atoms with E-state index in [-0.39, 0.29) is 28.8 Å². The van der Waals surface area contributed by atoms with Gasteiger partial charge < -0.3 is 36.6 Å². The number of aromatic amines is 1. The maximum Gasteiger partial charge on any atom is 0.352 e. The second-order valence-corrected chi connectivity index (χ2v) is 12.9. The van der Waals surface area contributed by atoms with Crippen LogP contribution in [0, 0.1) is 0 Å². The Kier molecular flexibility index (Phi) is 9.35. The molecular formula is C21H26N9O8PS2. The average Bonchev–Trinajstić information content (AvgIpc) is 3.42. The molecule has 1 saturated heterocycles. The van der Waals surface area contributed by atoms with E-state index in [2.05, 4.69) is 31.3 Å². The largest absolute Gasteiger partial charge is 0.477 e. The van der Waals surface area contributed by atoms with E-state index in [4.69, 9.17) is 16.0 Å². The molecule has 1 aromatic carbocycles. The Balaban J connectivity index is 1.53. The van der Waals surface area contributed by atoms with Crippen LogP contribution >= 0.6 is 31.1 Å². The second-order valence-electron chi connectivity index (χ2n) is 8.70. The molecule has 9 N–H and O–H groups in total. The summed E-state index contributed by atoms with van der Waals surface area (Å²) in [6, 6.07) is 3.07. The third kappa shape index (κ3) is 6.88. The summed E-state index contributed by atoms with van der Waals surface area (Å²) in [5, 5.41) is 26.8. The lowest BCUT2D eigenvalue weighted by atomic mass is 10.00. The monoisotopic (exact) mass is 627 g/mol. The number of nitrogens with two attached hydrogens (primary N) is 2. The van der Waals surface area contributed by atoms with Gasteiger partial charge in [0.15, 0.2) is 0 Å². The van der Waals surface area contributed by atoms with Crippen molar-refractivity contribution in [2.24, 2.45) is 11.5 Å². The van der Waals surface area contributed by atoms with Crippen LogP contribution in [0.3, 0.4) is 0 Å². The van der Waals surface area contributed by atoms with Crippen LogP contribution in [0.15, 0.2) is 40.7 Å². The lowest BCUT2D eigenvalue weighted by molar-refractivity contribution is -0.150. The number of amides is 4. The van der Waals surface area contributed by atoms with Gasteiger partial charge in [-0.25, -0.2) is 9.59 Å². The van der Waals surface area contributed by atoms with Crippen molar-refractivity contribution in [3.63, 3.8) is 0 Å². The third-order valence-electron chi connectivity index (χ3n) is 6.01. The quantitative estimate of drug-likeness (QED) is 0.0913. The molecule has 1 aromatic heterocycles. The summed E-state index contributed by atoms with van der Waals surface area (Å²) in [6.07, 6.45) is -0.470. The number of thioether (sulfide) groups is 2. The number of carboxylic acids is 1. The minimum absolute atomic E-state index is 0.0441. The Labute approximate surface area is 240 Å². The molecule has 3 heterocycles. The first-order valence-corrected chi connectivity index (χ1v) is 15.6. The van der Waals surface area contributed by atoms with Gasteiger partial charge in [0.1, 0.15) is 23.2 Å². The summed E-state index contributed by atoms with van der Waals surface area (Å²) in [4.78, 5) is 60.8. The van der Waals surface area contributed by atoms with Crippen LogP contribution in [0.4, 0.5) is 10.5 Å².